The predicted molar refractivity (Wildman–Crippen MR) is 61.3 cm³/mol. The molecule has 0 spiro atoms. The largest absolute Gasteiger partial charge is 0.477 e. The van der Waals surface area contributed by atoms with Gasteiger partial charge in [0.1, 0.15) is 9.09 Å². The first-order chi connectivity index (χ1) is 7.36. The van der Waals surface area contributed by atoms with Crippen LogP contribution in [0.1, 0.15) is 35.0 Å². The molecule has 16 heavy (non-hydrogen) atoms. The SMILES string of the molecule is CCCCc1cc(S(N)(=O)=O)sc1C(=O)O. The average molecular weight is 263 g/mol. The van der Waals surface area contributed by atoms with Crippen molar-refractivity contribution in [3.05, 3.63) is 16.5 Å². The van der Waals surface area contributed by atoms with Crippen molar-refractivity contribution in [2.24, 2.45) is 5.14 Å². The van der Waals surface area contributed by atoms with Gasteiger partial charge in [-0.1, -0.05) is 13.3 Å². The molecule has 1 heterocycles. The molecule has 0 aromatic carbocycles. The van der Waals surface area contributed by atoms with Gasteiger partial charge in [0.25, 0.3) is 0 Å². The molecular weight excluding hydrogens is 250 g/mol. The number of nitrogens with two attached hydrogens (primary N) is 1. The van der Waals surface area contributed by atoms with Crippen LogP contribution in [0.25, 0.3) is 0 Å². The number of unbranched alkanes of at least 4 members (excludes halogenated alkanes) is 1. The zero-order valence-corrected chi connectivity index (χ0v) is 10.4. The third-order valence-corrected chi connectivity index (χ3v) is 4.65. The Labute approximate surface area is 98.0 Å². The number of hydrogen-bond acceptors (Lipinski definition) is 4. The van der Waals surface area contributed by atoms with E-state index in [9.17, 15) is 13.2 Å². The van der Waals surface area contributed by atoms with Crippen molar-refractivity contribution in [1.29, 1.82) is 0 Å². The summed E-state index contributed by atoms with van der Waals surface area (Å²) in [6.07, 6.45) is 2.30. The zero-order chi connectivity index (χ0) is 12.3. The maximum atomic E-state index is 11.1. The smallest absolute Gasteiger partial charge is 0.346 e. The highest BCUT2D eigenvalue weighted by molar-refractivity contribution is 7.91. The van der Waals surface area contributed by atoms with E-state index >= 15 is 0 Å². The monoisotopic (exact) mass is 263 g/mol. The average Bonchev–Trinajstić information content (AvgIpc) is 2.57. The molecule has 1 aromatic heterocycles. The number of rotatable bonds is 5. The van der Waals surface area contributed by atoms with E-state index in [1.807, 2.05) is 6.92 Å². The summed E-state index contributed by atoms with van der Waals surface area (Å²) >= 11 is 0.712. The van der Waals surface area contributed by atoms with E-state index in [1.54, 1.807) is 0 Å². The number of thiophene rings is 1. The molecular formula is C9H13NO4S2. The van der Waals surface area contributed by atoms with Gasteiger partial charge in [0.05, 0.1) is 0 Å². The van der Waals surface area contributed by atoms with Gasteiger partial charge in [-0.05, 0) is 24.5 Å². The molecule has 3 N–H and O–H groups in total. The van der Waals surface area contributed by atoms with E-state index in [0.29, 0.717) is 23.3 Å². The highest BCUT2D eigenvalue weighted by atomic mass is 32.2. The minimum Gasteiger partial charge on any atom is -0.477 e. The fourth-order valence-electron chi connectivity index (χ4n) is 1.28. The van der Waals surface area contributed by atoms with Crippen molar-refractivity contribution in [1.82, 2.24) is 0 Å². The van der Waals surface area contributed by atoms with E-state index in [0.717, 1.165) is 12.8 Å². The zero-order valence-electron chi connectivity index (χ0n) is 8.76. The highest BCUT2D eigenvalue weighted by Crippen LogP contribution is 2.26. The molecule has 0 aliphatic rings. The third kappa shape index (κ3) is 3.03. The van der Waals surface area contributed by atoms with Crippen LogP contribution in [0, 0.1) is 0 Å². The summed E-state index contributed by atoms with van der Waals surface area (Å²) in [6.45, 7) is 1.98. The first kappa shape index (κ1) is 13.1. The normalized spacial score (nSPS) is 11.6. The first-order valence-corrected chi connectivity index (χ1v) is 7.11. The Bertz CT molecular complexity index is 490. The molecule has 0 radical (unpaired) electrons. The molecule has 1 aromatic rings. The van der Waals surface area contributed by atoms with Crippen molar-refractivity contribution in [2.45, 2.75) is 30.4 Å². The lowest BCUT2D eigenvalue weighted by Gasteiger charge is -1.96. The molecule has 0 saturated heterocycles. The highest BCUT2D eigenvalue weighted by Gasteiger charge is 2.20. The van der Waals surface area contributed by atoms with Crippen molar-refractivity contribution in [3.8, 4) is 0 Å². The standard InChI is InChI=1S/C9H13NO4S2/c1-2-3-4-6-5-7(16(10,13)14)15-8(6)9(11)12/h5H,2-4H2,1H3,(H,11,12)(H2,10,13,14). The van der Waals surface area contributed by atoms with Gasteiger partial charge in [-0.25, -0.2) is 18.4 Å². The van der Waals surface area contributed by atoms with Crippen LogP contribution in [-0.4, -0.2) is 19.5 Å². The maximum Gasteiger partial charge on any atom is 0.346 e. The van der Waals surface area contributed by atoms with Crippen LogP contribution in [0.2, 0.25) is 0 Å². The van der Waals surface area contributed by atoms with Crippen molar-refractivity contribution in [2.75, 3.05) is 0 Å². The number of carboxylic acids is 1. The van der Waals surface area contributed by atoms with Crippen LogP contribution in [0.4, 0.5) is 0 Å². The van der Waals surface area contributed by atoms with E-state index in [4.69, 9.17) is 10.2 Å². The lowest BCUT2D eigenvalue weighted by molar-refractivity contribution is 0.0701. The second-order valence-corrected chi connectivity index (χ2v) is 6.21. The van der Waals surface area contributed by atoms with Crippen LogP contribution in [0.3, 0.4) is 0 Å². The van der Waals surface area contributed by atoms with Gasteiger partial charge in [-0.15, -0.1) is 11.3 Å². The third-order valence-electron chi connectivity index (χ3n) is 2.06. The molecule has 5 nitrogen and oxygen atoms in total. The molecule has 1 rings (SSSR count). The molecule has 0 amide bonds. The molecule has 0 aliphatic heterocycles. The molecule has 0 aliphatic carbocycles. The van der Waals surface area contributed by atoms with E-state index < -0.39 is 16.0 Å². The summed E-state index contributed by atoms with van der Waals surface area (Å²) in [7, 11) is -3.81. The first-order valence-electron chi connectivity index (χ1n) is 4.75. The van der Waals surface area contributed by atoms with Crippen molar-refractivity contribution < 1.29 is 18.3 Å². The summed E-state index contributed by atoms with van der Waals surface area (Å²) in [5.74, 6) is -1.11. The van der Waals surface area contributed by atoms with E-state index in [1.165, 1.54) is 6.07 Å². The number of sulfonamides is 1. The topological polar surface area (TPSA) is 97.5 Å². The van der Waals surface area contributed by atoms with Crippen LogP contribution >= 0.6 is 11.3 Å². The lowest BCUT2D eigenvalue weighted by Crippen LogP contribution is -2.10. The molecule has 0 bridgehead atoms. The van der Waals surface area contributed by atoms with Gasteiger partial charge in [0.2, 0.25) is 10.0 Å². The van der Waals surface area contributed by atoms with Crippen LogP contribution in [-0.2, 0) is 16.4 Å². The molecule has 0 fully saturated rings. The summed E-state index contributed by atoms with van der Waals surface area (Å²) in [5, 5.41) is 13.9. The number of carboxylic acid groups (broad SMARTS) is 1. The number of aryl methyl sites for hydroxylation is 1. The van der Waals surface area contributed by atoms with Crippen molar-refractivity contribution >= 4 is 27.3 Å². The van der Waals surface area contributed by atoms with Gasteiger partial charge in [-0.3, -0.25) is 0 Å². The number of aromatic carboxylic acids is 1. The maximum absolute atomic E-state index is 11.1. The minimum atomic E-state index is -3.81. The Kier molecular flexibility index (Phi) is 4.06. The summed E-state index contributed by atoms with van der Waals surface area (Å²) in [5.41, 5.74) is 0.545. The van der Waals surface area contributed by atoms with Gasteiger partial charge >= 0.3 is 5.97 Å². The molecule has 0 atom stereocenters. The summed E-state index contributed by atoms with van der Waals surface area (Å²) in [6, 6.07) is 1.36. The van der Waals surface area contributed by atoms with E-state index in [2.05, 4.69) is 0 Å². The fraction of sp³-hybridized carbons (Fsp3) is 0.444. The predicted octanol–water partition coefficient (Wildman–Crippen LogP) is 1.44. The second kappa shape index (κ2) is 4.94. The minimum absolute atomic E-state index is 0.0671. The van der Waals surface area contributed by atoms with Crippen LogP contribution in [0.15, 0.2) is 10.3 Å². The Morgan fingerprint density at radius 3 is 2.62 bits per heavy atom. The van der Waals surface area contributed by atoms with Gasteiger partial charge in [0.15, 0.2) is 0 Å². The molecule has 7 heteroatoms. The molecule has 90 valence electrons. The Morgan fingerprint density at radius 1 is 1.56 bits per heavy atom. The molecule has 0 unspecified atom stereocenters. The van der Waals surface area contributed by atoms with Gasteiger partial charge in [0, 0.05) is 0 Å². The van der Waals surface area contributed by atoms with Crippen molar-refractivity contribution in [3.63, 3.8) is 0 Å². The summed E-state index contributed by atoms with van der Waals surface area (Å²) in [4.78, 5) is 11.0. The second-order valence-electron chi connectivity index (χ2n) is 3.37. The van der Waals surface area contributed by atoms with Gasteiger partial charge in [-0.2, -0.15) is 0 Å². The number of primary sulfonamides is 1. The lowest BCUT2D eigenvalue weighted by atomic mass is 10.1. The van der Waals surface area contributed by atoms with Crippen LogP contribution < -0.4 is 5.14 Å². The Morgan fingerprint density at radius 2 is 2.19 bits per heavy atom. The van der Waals surface area contributed by atoms with Gasteiger partial charge < -0.3 is 5.11 Å². The van der Waals surface area contributed by atoms with Crippen LogP contribution in [0.5, 0.6) is 0 Å². The molecule has 0 saturated carbocycles. The fourth-order valence-corrected chi connectivity index (χ4v) is 3.08. The Hall–Kier alpha value is -0.920. The van der Waals surface area contributed by atoms with E-state index in [-0.39, 0.29) is 9.09 Å². The number of hydrogen-bond donors (Lipinski definition) is 2. The summed E-state index contributed by atoms with van der Waals surface area (Å²) < 4.78 is 22.1. The Balaban J connectivity index is 3.15. The number of carbonyl (C=O) groups is 1. The quantitative estimate of drug-likeness (QED) is 0.839.